The van der Waals surface area contributed by atoms with Crippen LogP contribution in [0.1, 0.15) is 27.7 Å². The average Bonchev–Trinajstić information content (AvgIpc) is 3.08. The maximum atomic E-state index is 13.1. The molecule has 3 aromatic heterocycles. The molecule has 0 saturated heterocycles. The van der Waals surface area contributed by atoms with Crippen LogP contribution >= 0.6 is 11.3 Å². The molecule has 0 aliphatic rings. The van der Waals surface area contributed by atoms with Gasteiger partial charge >= 0.3 is 0 Å². The van der Waals surface area contributed by atoms with Crippen molar-refractivity contribution in [3.05, 3.63) is 75.0 Å². The number of nitrogens with zero attached hydrogens (tertiary/aromatic N) is 3. The van der Waals surface area contributed by atoms with E-state index in [1.165, 1.54) is 15.7 Å². The van der Waals surface area contributed by atoms with E-state index in [1.807, 2.05) is 57.2 Å². The lowest BCUT2D eigenvalue weighted by Gasteiger charge is -2.20. The van der Waals surface area contributed by atoms with Crippen LogP contribution in [0.15, 0.2) is 53.5 Å². The van der Waals surface area contributed by atoms with Crippen LogP contribution in [0.2, 0.25) is 0 Å². The number of rotatable bonds is 3. The van der Waals surface area contributed by atoms with Crippen molar-refractivity contribution in [2.24, 2.45) is 0 Å². The molecule has 6 heteroatoms. The van der Waals surface area contributed by atoms with Crippen molar-refractivity contribution in [2.75, 3.05) is 11.4 Å². The van der Waals surface area contributed by atoms with Crippen LogP contribution in [-0.4, -0.2) is 21.8 Å². The fourth-order valence-corrected chi connectivity index (χ4v) is 4.21. The number of aryl methyl sites for hydroxylation is 2. The third-order valence-electron chi connectivity index (χ3n) is 4.62. The van der Waals surface area contributed by atoms with Gasteiger partial charge in [-0.2, -0.15) is 0 Å². The largest absolute Gasteiger partial charge is 0.308 e. The number of thiophene rings is 1. The van der Waals surface area contributed by atoms with E-state index >= 15 is 0 Å². The smallest absolute Gasteiger partial charge is 0.268 e. The second-order valence-electron chi connectivity index (χ2n) is 6.52. The predicted molar refractivity (Wildman–Crippen MR) is 110 cm³/mol. The van der Waals surface area contributed by atoms with Crippen molar-refractivity contribution >= 4 is 38.8 Å². The molecular weight excluding hydrogens is 358 g/mol. The second kappa shape index (κ2) is 6.63. The molecule has 0 N–H and O–H groups in total. The molecule has 0 aliphatic carbocycles. The van der Waals surface area contributed by atoms with Gasteiger partial charge in [0.05, 0.1) is 10.3 Å². The highest BCUT2D eigenvalue weighted by Crippen LogP contribution is 2.26. The number of pyridine rings is 1. The quantitative estimate of drug-likeness (QED) is 0.538. The molecule has 4 aromatic rings. The van der Waals surface area contributed by atoms with Gasteiger partial charge in [0.1, 0.15) is 10.5 Å². The zero-order chi connectivity index (χ0) is 19.1. The first-order valence-electron chi connectivity index (χ1n) is 8.79. The van der Waals surface area contributed by atoms with E-state index in [1.54, 1.807) is 17.2 Å². The summed E-state index contributed by atoms with van der Waals surface area (Å²) < 4.78 is 1.54. The number of amides is 1. The van der Waals surface area contributed by atoms with Crippen LogP contribution in [0, 0.1) is 13.8 Å². The summed E-state index contributed by atoms with van der Waals surface area (Å²) in [5.74, 6) is -0.115. The first kappa shape index (κ1) is 17.4. The zero-order valence-electron chi connectivity index (χ0n) is 15.4. The molecule has 0 fully saturated rings. The van der Waals surface area contributed by atoms with Crippen LogP contribution in [-0.2, 0) is 0 Å². The van der Waals surface area contributed by atoms with E-state index in [-0.39, 0.29) is 11.5 Å². The van der Waals surface area contributed by atoms with Crippen LogP contribution in [0.4, 0.5) is 5.69 Å². The second-order valence-corrected chi connectivity index (χ2v) is 7.55. The Balaban J connectivity index is 1.85. The number of fused-ring (bicyclic) bond motifs is 2. The molecule has 0 atom stereocenters. The third-order valence-corrected chi connectivity index (χ3v) is 5.63. The number of carbonyl (C=O) groups excluding carboxylic acids is 1. The Labute approximate surface area is 160 Å². The molecule has 0 bridgehead atoms. The van der Waals surface area contributed by atoms with E-state index in [2.05, 4.69) is 4.98 Å². The van der Waals surface area contributed by atoms with Crippen LogP contribution in [0.5, 0.6) is 0 Å². The molecule has 1 aromatic carbocycles. The number of hydrogen-bond acceptors (Lipinski definition) is 4. The molecular formula is C21H19N3O2S. The van der Waals surface area contributed by atoms with Gasteiger partial charge in [0.25, 0.3) is 11.5 Å². The summed E-state index contributed by atoms with van der Waals surface area (Å²) in [6, 6.07) is 13.3. The van der Waals surface area contributed by atoms with Gasteiger partial charge in [-0.1, -0.05) is 18.2 Å². The summed E-state index contributed by atoms with van der Waals surface area (Å²) in [5.41, 5.74) is 3.35. The number of hydrogen-bond donors (Lipinski definition) is 0. The summed E-state index contributed by atoms with van der Waals surface area (Å²) >= 11 is 1.27. The molecule has 0 aliphatic heterocycles. The van der Waals surface area contributed by atoms with Crippen LogP contribution < -0.4 is 10.5 Å². The van der Waals surface area contributed by atoms with Gasteiger partial charge in [0, 0.05) is 18.4 Å². The van der Waals surface area contributed by atoms with E-state index in [9.17, 15) is 9.59 Å². The molecule has 5 nitrogen and oxygen atoms in total. The minimum absolute atomic E-state index is 0.115. The summed E-state index contributed by atoms with van der Waals surface area (Å²) in [7, 11) is 0. The number of benzene rings is 1. The standard InChI is InChI=1S/C21H19N3O2S/c1-4-23(15-9-5-7-13(2)11-15)21(26)17-12-16-19(27-17)22-18-14(3)8-6-10-24(18)20(16)25/h5-12H,4H2,1-3H3. The van der Waals surface area contributed by atoms with Gasteiger partial charge in [-0.3, -0.25) is 14.0 Å². The van der Waals surface area contributed by atoms with Crippen molar-refractivity contribution in [1.29, 1.82) is 0 Å². The first-order valence-corrected chi connectivity index (χ1v) is 9.61. The summed E-state index contributed by atoms with van der Waals surface area (Å²) in [6.45, 7) is 6.41. The molecule has 3 heterocycles. The highest BCUT2D eigenvalue weighted by molar-refractivity contribution is 7.20. The predicted octanol–water partition coefficient (Wildman–Crippen LogP) is 4.19. The normalized spacial score (nSPS) is 11.2. The van der Waals surface area contributed by atoms with Crippen molar-refractivity contribution in [3.8, 4) is 0 Å². The number of anilines is 1. The van der Waals surface area contributed by atoms with Gasteiger partial charge in [-0.15, -0.1) is 11.3 Å². The topological polar surface area (TPSA) is 54.7 Å². The molecule has 0 unspecified atom stereocenters. The summed E-state index contributed by atoms with van der Waals surface area (Å²) in [5, 5.41) is 0.478. The fourth-order valence-electron chi connectivity index (χ4n) is 3.24. The molecule has 4 rings (SSSR count). The number of aromatic nitrogens is 2. The Kier molecular flexibility index (Phi) is 4.28. The van der Waals surface area contributed by atoms with Crippen molar-refractivity contribution < 1.29 is 4.79 Å². The summed E-state index contributed by atoms with van der Waals surface area (Å²) in [4.78, 5) is 33.4. The Morgan fingerprint density at radius 1 is 1.19 bits per heavy atom. The van der Waals surface area contributed by atoms with Crippen molar-refractivity contribution in [1.82, 2.24) is 9.38 Å². The molecule has 0 radical (unpaired) electrons. The fraction of sp³-hybridized carbons (Fsp3) is 0.190. The molecule has 0 spiro atoms. The minimum Gasteiger partial charge on any atom is -0.308 e. The van der Waals surface area contributed by atoms with E-state index in [0.717, 1.165) is 16.8 Å². The molecule has 27 heavy (non-hydrogen) atoms. The highest BCUT2D eigenvalue weighted by Gasteiger charge is 2.21. The lowest BCUT2D eigenvalue weighted by Crippen LogP contribution is -2.30. The highest BCUT2D eigenvalue weighted by atomic mass is 32.1. The lowest BCUT2D eigenvalue weighted by atomic mass is 10.2. The van der Waals surface area contributed by atoms with Gasteiger partial charge in [0.2, 0.25) is 0 Å². The first-order chi connectivity index (χ1) is 13.0. The Morgan fingerprint density at radius 2 is 2.00 bits per heavy atom. The lowest BCUT2D eigenvalue weighted by molar-refractivity contribution is 0.0992. The SMILES string of the molecule is CCN(C(=O)c1cc2c(=O)n3cccc(C)c3nc2s1)c1cccc(C)c1. The number of carbonyl (C=O) groups is 1. The van der Waals surface area contributed by atoms with Crippen LogP contribution in [0.3, 0.4) is 0 Å². The van der Waals surface area contributed by atoms with Gasteiger partial charge in [0.15, 0.2) is 0 Å². The maximum absolute atomic E-state index is 13.1. The Morgan fingerprint density at radius 3 is 2.74 bits per heavy atom. The van der Waals surface area contributed by atoms with E-state index < -0.39 is 0 Å². The van der Waals surface area contributed by atoms with Gasteiger partial charge in [-0.25, -0.2) is 4.98 Å². The van der Waals surface area contributed by atoms with Crippen molar-refractivity contribution in [3.63, 3.8) is 0 Å². The zero-order valence-corrected chi connectivity index (χ0v) is 16.2. The molecule has 1 amide bonds. The van der Waals surface area contributed by atoms with Gasteiger partial charge in [-0.05, 0) is 56.2 Å². The minimum atomic E-state index is -0.146. The Bertz CT molecular complexity index is 1240. The van der Waals surface area contributed by atoms with E-state index in [4.69, 9.17) is 0 Å². The van der Waals surface area contributed by atoms with Crippen LogP contribution in [0.25, 0.3) is 15.9 Å². The van der Waals surface area contributed by atoms with Gasteiger partial charge < -0.3 is 4.90 Å². The average molecular weight is 377 g/mol. The third kappa shape index (κ3) is 2.92. The van der Waals surface area contributed by atoms with E-state index in [0.29, 0.717) is 27.3 Å². The summed E-state index contributed by atoms with van der Waals surface area (Å²) in [6.07, 6.45) is 1.71. The molecule has 136 valence electrons. The molecule has 0 saturated carbocycles. The monoisotopic (exact) mass is 377 g/mol. The Hall–Kier alpha value is -2.99. The van der Waals surface area contributed by atoms with Crippen molar-refractivity contribution in [2.45, 2.75) is 20.8 Å². The maximum Gasteiger partial charge on any atom is 0.268 e.